The summed E-state index contributed by atoms with van der Waals surface area (Å²) in [6, 6.07) is 13.7. The van der Waals surface area contributed by atoms with Gasteiger partial charge in [0.15, 0.2) is 0 Å². The predicted octanol–water partition coefficient (Wildman–Crippen LogP) is 3.08. The molecule has 1 aliphatic heterocycles. The van der Waals surface area contributed by atoms with Gasteiger partial charge in [-0.1, -0.05) is 41.9 Å². The number of halogens is 1. The van der Waals surface area contributed by atoms with Crippen molar-refractivity contribution in [3.05, 3.63) is 64.7 Å². The minimum atomic E-state index is -3.65. The van der Waals surface area contributed by atoms with Gasteiger partial charge in [0.05, 0.1) is 11.9 Å². The van der Waals surface area contributed by atoms with Crippen molar-refractivity contribution in [1.29, 1.82) is 0 Å². The highest BCUT2D eigenvalue weighted by atomic mass is 35.5. The Hall–Kier alpha value is -2.05. The normalized spacial score (nSPS) is 15.3. The molecule has 1 heterocycles. The molecule has 1 amide bonds. The summed E-state index contributed by atoms with van der Waals surface area (Å²) in [6.07, 6.45) is 1.87. The van der Waals surface area contributed by atoms with Crippen LogP contribution < -0.4 is 4.31 Å². The predicted molar refractivity (Wildman–Crippen MR) is 104 cm³/mol. The number of benzene rings is 2. The molecule has 0 bridgehead atoms. The van der Waals surface area contributed by atoms with Crippen LogP contribution in [0.15, 0.2) is 48.5 Å². The van der Waals surface area contributed by atoms with Crippen LogP contribution in [0, 0.1) is 0 Å². The summed E-state index contributed by atoms with van der Waals surface area (Å²) in [6.45, 7) is 2.69. The monoisotopic (exact) mass is 392 g/mol. The number of carbonyl (C=O) groups excluding carboxylic acids is 1. The van der Waals surface area contributed by atoms with Gasteiger partial charge in [-0.05, 0) is 42.7 Å². The molecule has 2 aromatic rings. The molecule has 0 fully saturated rings. The van der Waals surface area contributed by atoms with Crippen LogP contribution in [0.25, 0.3) is 0 Å². The zero-order valence-electron chi connectivity index (χ0n) is 14.7. The minimum Gasteiger partial charge on any atom is -0.336 e. The largest absolute Gasteiger partial charge is 0.336 e. The van der Waals surface area contributed by atoms with Crippen molar-refractivity contribution in [3.63, 3.8) is 0 Å². The molecule has 0 saturated carbocycles. The lowest BCUT2D eigenvalue weighted by molar-refractivity contribution is -0.132. The number of fused-ring (bicyclic) bond motifs is 1. The van der Waals surface area contributed by atoms with Gasteiger partial charge in [-0.3, -0.25) is 9.10 Å². The van der Waals surface area contributed by atoms with Crippen LogP contribution in [-0.2, 0) is 27.8 Å². The summed E-state index contributed by atoms with van der Waals surface area (Å²) in [5.74, 6) is -0.218. The van der Waals surface area contributed by atoms with E-state index in [4.69, 9.17) is 11.6 Å². The maximum Gasteiger partial charge on any atom is 0.246 e. The average molecular weight is 393 g/mol. The quantitative estimate of drug-likeness (QED) is 0.803. The van der Waals surface area contributed by atoms with Crippen LogP contribution in [-0.4, -0.2) is 38.1 Å². The van der Waals surface area contributed by atoms with Gasteiger partial charge in [-0.15, -0.1) is 0 Å². The molecule has 7 heteroatoms. The van der Waals surface area contributed by atoms with E-state index in [1.165, 1.54) is 5.56 Å². The molecule has 138 valence electrons. The Kier molecular flexibility index (Phi) is 5.25. The van der Waals surface area contributed by atoms with Crippen molar-refractivity contribution >= 4 is 33.2 Å². The first kappa shape index (κ1) is 18.7. The van der Waals surface area contributed by atoms with E-state index in [1.807, 2.05) is 18.2 Å². The fourth-order valence-electron chi connectivity index (χ4n) is 3.36. The van der Waals surface area contributed by atoms with E-state index in [9.17, 15) is 13.2 Å². The smallest absolute Gasteiger partial charge is 0.246 e. The Bertz CT molecular complexity index is 930. The zero-order chi connectivity index (χ0) is 18.9. The van der Waals surface area contributed by atoms with Gasteiger partial charge >= 0.3 is 0 Å². The Morgan fingerprint density at radius 3 is 2.50 bits per heavy atom. The molecule has 2 aromatic carbocycles. The molecule has 0 N–H and O–H groups in total. The van der Waals surface area contributed by atoms with Crippen LogP contribution in [0.1, 0.15) is 18.1 Å². The Morgan fingerprint density at radius 2 is 1.85 bits per heavy atom. The molecule has 1 atom stereocenters. The van der Waals surface area contributed by atoms with Crippen LogP contribution in [0.4, 0.5) is 5.69 Å². The third kappa shape index (κ3) is 3.86. The van der Waals surface area contributed by atoms with E-state index in [0.29, 0.717) is 23.8 Å². The SMILES string of the molecule is CC(C(=O)N1CCc2ccccc2C1)N(c1cccc(Cl)c1)S(C)(=O)=O. The van der Waals surface area contributed by atoms with Gasteiger partial charge in [0.1, 0.15) is 6.04 Å². The Balaban J connectivity index is 1.88. The van der Waals surface area contributed by atoms with E-state index in [0.717, 1.165) is 22.5 Å². The molecule has 1 unspecified atom stereocenters. The van der Waals surface area contributed by atoms with E-state index in [-0.39, 0.29) is 5.91 Å². The summed E-state index contributed by atoms with van der Waals surface area (Å²) in [5.41, 5.74) is 2.73. The third-order valence-corrected chi connectivity index (χ3v) is 6.05. The standard InChI is InChI=1S/C19H21ClN2O3S/c1-14(22(26(2,24)25)18-9-5-8-17(20)12-18)19(23)21-11-10-15-6-3-4-7-16(15)13-21/h3-9,12,14H,10-11,13H2,1-2H3. The van der Waals surface area contributed by atoms with Crippen LogP contribution in [0.2, 0.25) is 5.02 Å². The van der Waals surface area contributed by atoms with Crippen LogP contribution in [0.5, 0.6) is 0 Å². The Labute approximate surface area is 159 Å². The van der Waals surface area contributed by atoms with Crippen molar-refractivity contribution in [1.82, 2.24) is 4.90 Å². The highest BCUT2D eigenvalue weighted by molar-refractivity contribution is 7.92. The molecular formula is C19H21ClN2O3S. The second-order valence-corrected chi connectivity index (χ2v) is 8.79. The van der Waals surface area contributed by atoms with Crippen LogP contribution in [0.3, 0.4) is 0 Å². The number of nitrogens with zero attached hydrogens (tertiary/aromatic N) is 2. The van der Waals surface area contributed by atoms with Crippen LogP contribution >= 0.6 is 11.6 Å². The van der Waals surface area contributed by atoms with Gasteiger partial charge in [0.25, 0.3) is 0 Å². The molecule has 0 aliphatic carbocycles. The number of anilines is 1. The van der Waals surface area contributed by atoms with Gasteiger partial charge in [0.2, 0.25) is 15.9 Å². The number of amides is 1. The molecule has 0 aromatic heterocycles. The van der Waals surface area contributed by atoms with Crippen molar-refractivity contribution in [2.75, 3.05) is 17.1 Å². The van der Waals surface area contributed by atoms with Gasteiger partial charge < -0.3 is 4.90 Å². The van der Waals surface area contributed by atoms with Crippen molar-refractivity contribution in [2.45, 2.75) is 25.9 Å². The number of carbonyl (C=O) groups is 1. The van der Waals surface area contributed by atoms with Crippen molar-refractivity contribution in [2.24, 2.45) is 0 Å². The molecule has 0 saturated heterocycles. The first-order valence-electron chi connectivity index (χ1n) is 8.38. The third-order valence-electron chi connectivity index (χ3n) is 4.57. The maximum atomic E-state index is 13.0. The highest BCUT2D eigenvalue weighted by Gasteiger charge is 2.33. The fourth-order valence-corrected chi connectivity index (χ4v) is 4.71. The molecule has 26 heavy (non-hydrogen) atoms. The fraction of sp³-hybridized carbons (Fsp3) is 0.316. The summed E-state index contributed by atoms with van der Waals surface area (Å²) >= 11 is 6.01. The first-order valence-corrected chi connectivity index (χ1v) is 10.6. The molecule has 0 spiro atoms. The van der Waals surface area contributed by atoms with Gasteiger partial charge in [-0.25, -0.2) is 8.42 Å². The maximum absolute atomic E-state index is 13.0. The summed E-state index contributed by atoms with van der Waals surface area (Å²) in [7, 11) is -3.65. The lowest BCUT2D eigenvalue weighted by Gasteiger charge is -2.35. The van der Waals surface area contributed by atoms with E-state index in [1.54, 1.807) is 36.1 Å². The topological polar surface area (TPSA) is 57.7 Å². The molecular weight excluding hydrogens is 372 g/mol. The second kappa shape index (κ2) is 7.29. The van der Waals surface area contributed by atoms with E-state index >= 15 is 0 Å². The lowest BCUT2D eigenvalue weighted by Crippen LogP contribution is -2.50. The number of hydrogen-bond donors (Lipinski definition) is 0. The lowest BCUT2D eigenvalue weighted by atomic mass is 9.99. The van der Waals surface area contributed by atoms with Crippen molar-refractivity contribution < 1.29 is 13.2 Å². The molecule has 5 nitrogen and oxygen atoms in total. The van der Waals surface area contributed by atoms with E-state index in [2.05, 4.69) is 6.07 Å². The second-order valence-electron chi connectivity index (χ2n) is 6.49. The molecule has 0 radical (unpaired) electrons. The van der Waals surface area contributed by atoms with Gasteiger partial charge in [0, 0.05) is 18.1 Å². The Morgan fingerprint density at radius 1 is 1.15 bits per heavy atom. The molecule has 1 aliphatic rings. The summed E-state index contributed by atoms with van der Waals surface area (Å²) in [5, 5.41) is 0.419. The van der Waals surface area contributed by atoms with Gasteiger partial charge in [-0.2, -0.15) is 0 Å². The van der Waals surface area contributed by atoms with E-state index < -0.39 is 16.1 Å². The minimum absolute atomic E-state index is 0.218. The summed E-state index contributed by atoms with van der Waals surface area (Å²) < 4.78 is 25.9. The van der Waals surface area contributed by atoms with Crippen molar-refractivity contribution in [3.8, 4) is 0 Å². The first-order chi connectivity index (χ1) is 12.3. The number of hydrogen-bond acceptors (Lipinski definition) is 3. The number of sulfonamides is 1. The number of rotatable bonds is 4. The highest BCUT2D eigenvalue weighted by Crippen LogP contribution is 2.26. The average Bonchev–Trinajstić information content (AvgIpc) is 2.59. The summed E-state index contributed by atoms with van der Waals surface area (Å²) in [4.78, 5) is 14.8. The zero-order valence-corrected chi connectivity index (χ0v) is 16.3. The molecule has 3 rings (SSSR count).